The molecule has 0 saturated carbocycles. The number of nitrogens with zero attached hydrogens (tertiary/aromatic N) is 3. The molecule has 0 fully saturated rings. The van der Waals surface area contributed by atoms with Crippen molar-refractivity contribution in [2.45, 2.75) is 11.4 Å². The zero-order valence-electron chi connectivity index (χ0n) is 13.7. The van der Waals surface area contributed by atoms with Gasteiger partial charge >= 0.3 is 0 Å². The number of fused-ring (bicyclic) bond motifs is 1. The summed E-state index contributed by atoms with van der Waals surface area (Å²) in [6.07, 6.45) is 1.51. The van der Waals surface area contributed by atoms with E-state index in [-0.39, 0.29) is 17.1 Å². The summed E-state index contributed by atoms with van der Waals surface area (Å²) in [5.41, 5.74) is -0.0951. The second-order valence-electron chi connectivity index (χ2n) is 5.49. The van der Waals surface area contributed by atoms with E-state index in [0.717, 1.165) is 9.14 Å². The van der Waals surface area contributed by atoms with E-state index < -0.39 is 10.0 Å². The predicted octanol–water partition coefficient (Wildman–Crippen LogP) is 1.79. The lowest BCUT2D eigenvalue weighted by Gasteiger charge is -2.12. The Bertz CT molecular complexity index is 1040. The Balaban J connectivity index is 1.66. The van der Waals surface area contributed by atoms with Crippen molar-refractivity contribution in [3.63, 3.8) is 0 Å². The van der Waals surface area contributed by atoms with Gasteiger partial charge in [-0.15, -0.1) is 11.3 Å². The Hall–Kier alpha value is -2.23. The topological polar surface area (TPSA) is 81.5 Å². The van der Waals surface area contributed by atoms with Crippen molar-refractivity contribution in [2.75, 3.05) is 20.7 Å². The minimum atomic E-state index is -3.45. The fourth-order valence-electron chi connectivity index (χ4n) is 2.23. The summed E-state index contributed by atoms with van der Waals surface area (Å²) in [4.78, 5) is 17.4. The van der Waals surface area contributed by atoms with Gasteiger partial charge in [0.1, 0.15) is 17.2 Å². The molecule has 1 aromatic carbocycles. The van der Waals surface area contributed by atoms with Gasteiger partial charge in [-0.25, -0.2) is 17.7 Å². The van der Waals surface area contributed by atoms with Gasteiger partial charge in [-0.3, -0.25) is 9.36 Å². The molecule has 0 atom stereocenters. The third-order valence-electron chi connectivity index (χ3n) is 3.65. The Morgan fingerprint density at radius 2 is 1.92 bits per heavy atom. The minimum absolute atomic E-state index is 0.0951. The summed E-state index contributed by atoms with van der Waals surface area (Å²) >= 11 is 1.43. The first-order chi connectivity index (χ1) is 11.9. The van der Waals surface area contributed by atoms with Crippen molar-refractivity contribution in [1.82, 2.24) is 13.9 Å². The van der Waals surface area contributed by atoms with E-state index >= 15 is 0 Å². The van der Waals surface area contributed by atoms with E-state index in [4.69, 9.17) is 4.74 Å². The summed E-state index contributed by atoms with van der Waals surface area (Å²) in [5, 5.41) is 2.44. The molecule has 0 amide bonds. The number of rotatable bonds is 6. The van der Waals surface area contributed by atoms with Gasteiger partial charge in [-0.1, -0.05) is 0 Å². The number of benzene rings is 1. The maximum absolute atomic E-state index is 12.3. The van der Waals surface area contributed by atoms with Crippen molar-refractivity contribution in [3.05, 3.63) is 52.4 Å². The maximum Gasteiger partial charge on any atom is 0.262 e. The fraction of sp³-hybridized carbons (Fsp3) is 0.250. The monoisotopic (exact) mass is 379 g/mol. The van der Waals surface area contributed by atoms with E-state index in [1.165, 1.54) is 48.5 Å². The highest BCUT2D eigenvalue weighted by Gasteiger charge is 2.16. The summed E-state index contributed by atoms with van der Waals surface area (Å²) in [5.74, 6) is 0.537. The molecule has 0 spiro atoms. The van der Waals surface area contributed by atoms with Crippen LogP contribution in [0.3, 0.4) is 0 Å². The molecule has 2 heterocycles. The molecular formula is C16H17N3O4S2. The van der Waals surface area contributed by atoms with Crippen LogP contribution in [0.2, 0.25) is 0 Å². The Labute approximate surface area is 149 Å². The number of sulfonamides is 1. The molecule has 0 bridgehead atoms. The van der Waals surface area contributed by atoms with Gasteiger partial charge < -0.3 is 4.74 Å². The number of hydrogen-bond acceptors (Lipinski definition) is 6. The number of hydrogen-bond donors (Lipinski definition) is 0. The lowest BCUT2D eigenvalue weighted by molar-refractivity contribution is 0.296. The normalized spacial score (nSPS) is 12.0. The first-order valence-electron chi connectivity index (χ1n) is 7.47. The van der Waals surface area contributed by atoms with Gasteiger partial charge in [0, 0.05) is 14.1 Å². The van der Waals surface area contributed by atoms with Crippen LogP contribution < -0.4 is 10.3 Å². The number of thiophene rings is 1. The van der Waals surface area contributed by atoms with Crippen LogP contribution in [0.25, 0.3) is 10.2 Å². The maximum atomic E-state index is 12.3. The van der Waals surface area contributed by atoms with Crippen molar-refractivity contribution in [2.24, 2.45) is 0 Å². The van der Waals surface area contributed by atoms with Crippen LogP contribution in [0, 0.1) is 0 Å². The molecular weight excluding hydrogens is 362 g/mol. The molecule has 0 aliphatic rings. The first-order valence-corrected chi connectivity index (χ1v) is 9.79. The number of aromatic nitrogens is 2. The predicted molar refractivity (Wildman–Crippen MR) is 96.7 cm³/mol. The molecule has 0 aliphatic heterocycles. The van der Waals surface area contributed by atoms with Crippen LogP contribution in [-0.4, -0.2) is 43.0 Å². The van der Waals surface area contributed by atoms with Gasteiger partial charge in [-0.05, 0) is 35.7 Å². The molecule has 132 valence electrons. The first kappa shape index (κ1) is 17.6. The Kier molecular flexibility index (Phi) is 4.89. The molecule has 0 aliphatic carbocycles. The van der Waals surface area contributed by atoms with Crippen LogP contribution in [0.4, 0.5) is 0 Å². The average Bonchev–Trinajstić information content (AvgIpc) is 3.07. The molecule has 7 nitrogen and oxygen atoms in total. The van der Waals surface area contributed by atoms with Gasteiger partial charge in [-0.2, -0.15) is 0 Å². The Morgan fingerprint density at radius 1 is 1.20 bits per heavy atom. The molecule has 0 radical (unpaired) electrons. The van der Waals surface area contributed by atoms with Crippen LogP contribution in [-0.2, 0) is 16.6 Å². The fourth-order valence-corrected chi connectivity index (χ4v) is 3.86. The van der Waals surface area contributed by atoms with E-state index in [2.05, 4.69) is 4.98 Å². The third-order valence-corrected chi connectivity index (χ3v) is 6.30. The van der Waals surface area contributed by atoms with Gasteiger partial charge in [0.2, 0.25) is 10.0 Å². The molecule has 2 aromatic heterocycles. The summed E-state index contributed by atoms with van der Waals surface area (Å²) < 4.78 is 32.3. The van der Waals surface area contributed by atoms with Crippen LogP contribution in [0.15, 0.2) is 51.7 Å². The van der Waals surface area contributed by atoms with Crippen LogP contribution in [0.1, 0.15) is 0 Å². The van der Waals surface area contributed by atoms with Crippen molar-refractivity contribution in [3.8, 4) is 5.75 Å². The molecule has 9 heteroatoms. The number of ether oxygens (including phenoxy) is 1. The quantitative estimate of drug-likeness (QED) is 0.652. The van der Waals surface area contributed by atoms with Gasteiger partial charge in [0.25, 0.3) is 5.56 Å². The second-order valence-corrected chi connectivity index (χ2v) is 8.54. The summed E-state index contributed by atoms with van der Waals surface area (Å²) in [6.45, 7) is 0.631. The zero-order valence-corrected chi connectivity index (χ0v) is 15.4. The van der Waals surface area contributed by atoms with E-state index in [0.29, 0.717) is 17.7 Å². The van der Waals surface area contributed by atoms with Crippen molar-refractivity contribution in [1.29, 1.82) is 0 Å². The van der Waals surface area contributed by atoms with E-state index in [1.54, 1.807) is 18.2 Å². The third kappa shape index (κ3) is 3.58. The largest absolute Gasteiger partial charge is 0.492 e. The SMILES string of the molecule is CN(C)S(=O)(=O)c1ccc(OCCn2cnc3sccc3c2=O)cc1. The van der Waals surface area contributed by atoms with Crippen molar-refractivity contribution >= 4 is 31.6 Å². The minimum Gasteiger partial charge on any atom is -0.492 e. The molecule has 3 rings (SSSR count). The highest BCUT2D eigenvalue weighted by atomic mass is 32.2. The standard InChI is InChI=1S/C16H17N3O4S2/c1-18(2)25(21,22)13-5-3-12(4-6-13)23-9-8-19-11-17-15-14(16(19)20)7-10-24-15/h3-7,10-11H,8-9H2,1-2H3. The second kappa shape index (κ2) is 6.95. The molecule has 0 saturated heterocycles. The smallest absolute Gasteiger partial charge is 0.262 e. The van der Waals surface area contributed by atoms with Crippen LogP contribution in [0.5, 0.6) is 5.75 Å². The average molecular weight is 379 g/mol. The summed E-state index contributed by atoms with van der Waals surface area (Å²) in [6, 6.07) is 7.95. The lowest BCUT2D eigenvalue weighted by Crippen LogP contribution is -2.23. The highest BCUT2D eigenvalue weighted by Crippen LogP contribution is 2.18. The van der Waals surface area contributed by atoms with Crippen LogP contribution >= 0.6 is 11.3 Å². The summed E-state index contributed by atoms with van der Waals surface area (Å²) in [7, 11) is -0.489. The Morgan fingerprint density at radius 3 is 2.60 bits per heavy atom. The molecule has 25 heavy (non-hydrogen) atoms. The van der Waals surface area contributed by atoms with Gasteiger partial charge in [0.05, 0.1) is 23.2 Å². The molecule has 3 aromatic rings. The highest BCUT2D eigenvalue weighted by molar-refractivity contribution is 7.89. The van der Waals surface area contributed by atoms with E-state index in [9.17, 15) is 13.2 Å². The molecule has 0 N–H and O–H groups in total. The molecule has 0 unspecified atom stereocenters. The van der Waals surface area contributed by atoms with Crippen molar-refractivity contribution < 1.29 is 13.2 Å². The van der Waals surface area contributed by atoms with Gasteiger partial charge in [0.15, 0.2) is 0 Å². The van der Waals surface area contributed by atoms with E-state index in [1.807, 2.05) is 5.38 Å². The lowest BCUT2D eigenvalue weighted by atomic mass is 10.3. The zero-order chi connectivity index (χ0) is 18.0.